The Labute approximate surface area is 238 Å². The van der Waals surface area contributed by atoms with Crippen LogP contribution in [0.15, 0.2) is 77.7 Å². The topological polar surface area (TPSA) is 86.8 Å². The molecule has 0 bridgehead atoms. The number of rotatable bonds is 11. The number of hydrogen-bond donors (Lipinski definition) is 1. The van der Waals surface area contributed by atoms with Gasteiger partial charge >= 0.3 is 0 Å². The van der Waals surface area contributed by atoms with Gasteiger partial charge in [-0.15, -0.1) is 0 Å². The minimum Gasteiger partial charge on any atom is -0.355 e. The maximum Gasteiger partial charge on any atom is 0.264 e. The molecule has 3 rings (SSSR count). The minimum absolute atomic E-state index is 0.0100. The van der Waals surface area contributed by atoms with Crippen molar-refractivity contribution in [1.29, 1.82) is 0 Å². The highest BCUT2D eigenvalue weighted by Crippen LogP contribution is 2.28. The number of halogens is 3. The third kappa shape index (κ3) is 7.20. The van der Waals surface area contributed by atoms with E-state index in [-0.39, 0.29) is 23.0 Å². The molecule has 0 saturated carbocycles. The summed E-state index contributed by atoms with van der Waals surface area (Å²) in [4.78, 5) is 28.2. The van der Waals surface area contributed by atoms with Crippen molar-refractivity contribution in [2.45, 2.75) is 37.8 Å². The van der Waals surface area contributed by atoms with Crippen LogP contribution in [-0.4, -0.2) is 44.3 Å². The summed E-state index contributed by atoms with van der Waals surface area (Å²) in [5, 5.41) is 3.81. The van der Waals surface area contributed by atoms with Gasteiger partial charge in [-0.05, 0) is 61.4 Å². The van der Waals surface area contributed by atoms with Crippen molar-refractivity contribution >= 4 is 62.3 Å². The number of sulfonamides is 1. The first-order valence-corrected chi connectivity index (χ1v) is 14.5. The van der Waals surface area contributed by atoms with Gasteiger partial charge in [-0.1, -0.05) is 72.1 Å². The van der Waals surface area contributed by atoms with E-state index in [4.69, 9.17) is 34.8 Å². The Balaban J connectivity index is 2.07. The lowest BCUT2D eigenvalue weighted by Crippen LogP contribution is -2.52. The molecule has 11 heteroatoms. The number of amides is 2. The first-order valence-electron chi connectivity index (χ1n) is 11.9. The number of hydrogen-bond acceptors (Lipinski definition) is 4. The zero-order valence-electron chi connectivity index (χ0n) is 20.9. The van der Waals surface area contributed by atoms with Crippen molar-refractivity contribution in [2.24, 2.45) is 0 Å². The summed E-state index contributed by atoms with van der Waals surface area (Å²) in [6, 6.07) is 18.0. The molecule has 202 valence electrons. The molecular formula is C27H28Cl3N3O4S. The normalized spacial score (nSPS) is 12.0. The smallest absolute Gasteiger partial charge is 0.264 e. The van der Waals surface area contributed by atoms with Crippen LogP contribution in [0.25, 0.3) is 0 Å². The minimum atomic E-state index is -4.17. The summed E-state index contributed by atoms with van der Waals surface area (Å²) in [6.07, 6.45) is 0.297. The highest BCUT2D eigenvalue weighted by molar-refractivity contribution is 7.92. The van der Waals surface area contributed by atoms with Crippen molar-refractivity contribution in [3.63, 3.8) is 0 Å². The molecule has 2 amide bonds. The molecule has 3 aromatic rings. The Morgan fingerprint density at radius 1 is 0.895 bits per heavy atom. The van der Waals surface area contributed by atoms with Gasteiger partial charge in [-0.2, -0.15) is 0 Å². The van der Waals surface area contributed by atoms with Gasteiger partial charge in [0, 0.05) is 28.2 Å². The number of carbonyl (C=O) groups is 2. The zero-order valence-corrected chi connectivity index (χ0v) is 24.0. The number of likely N-dealkylation sites (N-methyl/N-ethyl adjacent to an activating group) is 1. The average molecular weight is 597 g/mol. The van der Waals surface area contributed by atoms with Crippen LogP contribution in [0, 0.1) is 0 Å². The number of anilines is 1. The second-order valence-corrected chi connectivity index (χ2v) is 11.5. The predicted molar refractivity (Wildman–Crippen MR) is 152 cm³/mol. The Bertz CT molecular complexity index is 1390. The van der Waals surface area contributed by atoms with Gasteiger partial charge in [0.25, 0.3) is 10.0 Å². The molecule has 0 spiro atoms. The summed E-state index contributed by atoms with van der Waals surface area (Å²) in [5.41, 5.74) is 0.776. The van der Waals surface area contributed by atoms with Crippen molar-refractivity contribution in [3.05, 3.63) is 93.4 Å². The highest BCUT2D eigenvalue weighted by atomic mass is 35.5. The molecular weight excluding hydrogens is 569 g/mol. The van der Waals surface area contributed by atoms with Gasteiger partial charge in [0.2, 0.25) is 11.8 Å². The molecule has 7 nitrogen and oxygen atoms in total. The fourth-order valence-electron chi connectivity index (χ4n) is 3.92. The first-order chi connectivity index (χ1) is 18.1. The van der Waals surface area contributed by atoms with E-state index in [2.05, 4.69) is 5.32 Å². The third-order valence-electron chi connectivity index (χ3n) is 5.80. The number of nitrogens with zero attached hydrogens (tertiary/aromatic N) is 2. The maximum atomic E-state index is 13.9. The van der Waals surface area contributed by atoms with Gasteiger partial charge in [0.15, 0.2) is 0 Å². The van der Waals surface area contributed by atoms with Crippen LogP contribution in [0.4, 0.5) is 5.69 Å². The molecule has 0 unspecified atom stereocenters. The van der Waals surface area contributed by atoms with Crippen LogP contribution < -0.4 is 9.62 Å². The van der Waals surface area contributed by atoms with Gasteiger partial charge in [-0.3, -0.25) is 13.9 Å². The van der Waals surface area contributed by atoms with Crippen LogP contribution in [0.1, 0.15) is 25.8 Å². The summed E-state index contributed by atoms with van der Waals surface area (Å²) in [5.74, 6) is -0.942. The van der Waals surface area contributed by atoms with Crippen molar-refractivity contribution in [3.8, 4) is 0 Å². The summed E-state index contributed by atoms with van der Waals surface area (Å²) < 4.78 is 28.4. The molecule has 0 aliphatic rings. The van der Waals surface area contributed by atoms with Gasteiger partial charge in [0.05, 0.1) is 10.6 Å². The Morgan fingerprint density at radius 3 is 2.18 bits per heavy atom. The summed E-state index contributed by atoms with van der Waals surface area (Å²) >= 11 is 18.6. The number of nitrogens with one attached hydrogen (secondary N) is 1. The second kappa shape index (κ2) is 13.3. The van der Waals surface area contributed by atoms with Crippen molar-refractivity contribution in [2.75, 3.05) is 17.4 Å². The van der Waals surface area contributed by atoms with Crippen molar-refractivity contribution < 1.29 is 18.0 Å². The van der Waals surface area contributed by atoms with Crippen molar-refractivity contribution in [1.82, 2.24) is 10.2 Å². The molecule has 1 atom stereocenters. The molecule has 3 aromatic carbocycles. The molecule has 0 aliphatic heterocycles. The summed E-state index contributed by atoms with van der Waals surface area (Å²) in [6.45, 7) is 3.33. The largest absolute Gasteiger partial charge is 0.355 e. The van der Waals surface area contributed by atoms with Crippen LogP contribution in [0.3, 0.4) is 0 Å². The lowest BCUT2D eigenvalue weighted by atomic mass is 10.1. The summed E-state index contributed by atoms with van der Waals surface area (Å²) in [7, 11) is -4.17. The lowest BCUT2D eigenvalue weighted by Gasteiger charge is -2.33. The van der Waals surface area contributed by atoms with Gasteiger partial charge in [0.1, 0.15) is 12.6 Å². The van der Waals surface area contributed by atoms with E-state index in [1.807, 2.05) is 0 Å². The fraction of sp³-hybridized carbons (Fsp3) is 0.259. The van der Waals surface area contributed by atoms with E-state index in [9.17, 15) is 18.0 Å². The Morgan fingerprint density at radius 2 is 1.58 bits per heavy atom. The van der Waals surface area contributed by atoms with Crippen LogP contribution in [0.2, 0.25) is 15.1 Å². The predicted octanol–water partition coefficient (Wildman–Crippen LogP) is 5.79. The van der Waals surface area contributed by atoms with Gasteiger partial charge < -0.3 is 10.2 Å². The lowest BCUT2D eigenvalue weighted by molar-refractivity contribution is -0.140. The molecule has 1 N–H and O–H groups in total. The quantitative estimate of drug-likeness (QED) is 0.304. The standard InChI is InChI=1S/C27H28Cl3N3O4S/c1-3-25(27(35)31-4-2)32(17-19-13-14-21(29)16-24(19)30)26(34)18-33(22-10-8-9-20(28)15-22)38(36,37)23-11-6-5-7-12-23/h5-16,25H,3-4,17-18H2,1-2H3,(H,31,35)/t25-/m0/s1. The average Bonchev–Trinajstić information content (AvgIpc) is 2.88. The van der Waals surface area contributed by atoms with Gasteiger partial charge in [-0.25, -0.2) is 8.42 Å². The van der Waals surface area contributed by atoms with E-state index in [1.54, 1.807) is 68.4 Å². The van der Waals surface area contributed by atoms with Crippen LogP contribution in [-0.2, 0) is 26.2 Å². The molecule has 0 saturated heterocycles. The Kier molecular flexibility index (Phi) is 10.4. The van der Waals surface area contributed by atoms with E-state index >= 15 is 0 Å². The third-order valence-corrected chi connectivity index (χ3v) is 8.41. The number of carbonyl (C=O) groups excluding carboxylic acids is 2. The fourth-order valence-corrected chi connectivity index (χ4v) is 6.00. The molecule has 0 heterocycles. The Hall–Kier alpha value is -2.78. The SMILES string of the molecule is CCNC(=O)[C@H](CC)N(Cc1ccc(Cl)cc1Cl)C(=O)CN(c1cccc(Cl)c1)S(=O)(=O)c1ccccc1. The molecule has 0 aromatic heterocycles. The van der Waals surface area contributed by atoms with E-state index in [1.165, 1.54) is 23.1 Å². The second-order valence-electron chi connectivity index (χ2n) is 8.38. The molecule has 0 aliphatic carbocycles. The maximum absolute atomic E-state index is 13.9. The zero-order chi connectivity index (χ0) is 27.9. The number of benzene rings is 3. The molecule has 0 fully saturated rings. The highest BCUT2D eigenvalue weighted by Gasteiger charge is 2.33. The van der Waals surface area contributed by atoms with E-state index in [0.29, 0.717) is 33.6 Å². The first kappa shape index (κ1) is 29.8. The van der Waals surface area contributed by atoms with E-state index in [0.717, 1.165) is 4.31 Å². The molecule has 38 heavy (non-hydrogen) atoms. The monoisotopic (exact) mass is 595 g/mol. The van der Waals surface area contributed by atoms with Crippen LogP contribution >= 0.6 is 34.8 Å². The van der Waals surface area contributed by atoms with E-state index < -0.39 is 28.5 Å². The van der Waals surface area contributed by atoms with Crippen LogP contribution in [0.5, 0.6) is 0 Å². The molecule has 0 radical (unpaired) electrons.